The summed E-state index contributed by atoms with van der Waals surface area (Å²) in [5, 5.41) is 0. The Balaban J connectivity index is 2.32. The fourth-order valence-corrected chi connectivity index (χ4v) is 2.29. The first kappa shape index (κ1) is 14.0. The van der Waals surface area contributed by atoms with Crippen molar-refractivity contribution < 1.29 is 14.2 Å². The standard InChI is InChI=1S/C14H22N2O3/c1-17-12-7-10(8-13(18-2)14(12)19-3)11(16-15)6-9-4-5-9/h7-9,11,16H,4-6,15H2,1-3H3. The van der Waals surface area contributed by atoms with Crippen LogP contribution in [0.1, 0.15) is 30.9 Å². The molecule has 1 aromatic carbocycles. The molecule has 0 heterocycles. The van der Waals surface area contributed by atoms with E-state index in [1.807, 2.05) is 12.1 Å². The lowest BCUT2D eigenvalue weighted by molar-refractivity contribution is 0.322. The van der Waals surface area contributed by atoms with E-state index < -0.39 is 0 Å². The number of rotatable bonds is 7. The highest BCUT2D eigenvalue weighted by Gasteiger charge is 2.27. The fourth-order valence-electron chi connectivity index (χ4n) is 2.29. The fraction of sp³-hybridized carbons (Fsp3) is 0.571. The Morgan fingerprint density at radius 3 is 2.11 bits per heavy atom. The zero-order valence-electron chi connectivity index (χ0n) is 11.7. The van der Waals surface area contributed by atoms with Gasteiger partial charge in [0, 0.05) is 6.04 Å². The highest BCUT2D eigenvalue weighted by Crippen LogP contribution is 2.42. The summed E-state index contributed by atoms with van der Waals surface area (Å²) in [6.07, 6.45) is 3.63. The van der Waals surface area contributed by atoms with Crippen molar-refractivity contribution in [1.82, 2.24) is 5.43 Å². The minimum absolute atomic E-state index is 0.112. The average Bonchev–Trinajstić information content (AvgIpc) is 3.27. The van der Waals surface area contributed by atoms with Crippen LogP contribution in [0.25, 0.3) is 0 Å². The van der Waals surface area contributed by atoms with E-state index in [0.29, 0.717) is 17.2 Å². The Morgan fingerprint density at radius 1 is 1.16 bits per heavy atom. The first-order valence-electron chi connectivity index (χ1n) is 6.49. The van der Waals surface area contributed by atoms with E-state index in [-0.39, 0.29) is 6.04 Å². The van der Waals surface area contributed by atoms with Crippen molar-refractivity contribution in [1.29, 1.82) is 0 Å². The van der Waals surface area contributed by atoms with Gasteiger partial charge in [-0.15, -0.1) is 0 Å². The van der Waals surface area contributed by atoms with Crippen molar-refractivity contribution in [2.24, 2.45) is 11.8 Å². The molecular weight excluding hydrogens is 244 g/mol. The summed E-state index contributed by atoms with van der Waals surface area (Å²) in [5.41, 5.74) is 3.94. The lowest BCUT2D eigenvalue weighted by Crippen LogP contribution is -2.28. The predicted molar refractivity (Wildman–Crippen MR) is 73.5 cm³/mol. The molecule has 0 saturated heterocycles. The maximum absolute atomic E-state index is 5.67. The zero-order valence-corrected chi connectivity index (χ0v) is 11.7. The molecule has 5 nitrogen and oxygen atoms in total. The third kappa shape index (κ3) is 3.11. The van der Waals surface area contributed by atoms with E-state index in [1.54, 1.807) is 21.3 Å². The molecule has 0 radical (unpaired) electrons. The van der Waals surface area contributed by atoms with Crippen LogP contribution < -0.4 is 25.5 Å². The molecule has 19 heavy (non-hydrogen) atoms. The summed E-state index contributed by atoms with van der Waals surface area (Å²) in [6, 6.07) is 4.02. The van der Waals surface area contributed by atoms with Crippen LogP contribution in [-0.2, 0) is 0 Å². The van der Waals surface area contributed by atoms with Crippen LogP contribution >= 0.6 is 0 Å². The van der Waals surface area contributed by atoms with Gasteiger partial charge in [-0.1, -0.05) is 12.8 Å². The van der Waals surface area contributed by atoms with Gasteiger partial charge in [0.15, 0.2) is 11.5 Å². The molecule has 1 unspecified atom stereocenters. The smallest absolute Gasteiger partial charge is 0.203 e. The maximum Gasteiger partial charge on any atom is 0.203 e. The van der Waals surface area contributed by atoms with E-state index in [0.717, 1.165) is 17.9 Å². The van der Waals surface area contributed by atoms with Crippen LogP contribution in [0.2, 0.25) is 0 Å². The first-order valence-corrected chi connectivity index (χ1v) is 6.49. The third-order valence-corrected chi connectivity index (χ3v) is 3.56. The zero-order chi connectivity index (χ0) is 13.8. The highest BCUT2D eigenvalue weighted by atomic mass is 16.5. The molecule has 0 aromatic heterocycles. The topological polar surface area (TPSA) is 65.7 Å². The summed E-state index contributed by atoms with van der Waals surface area (Å²) >= 11 is 0. The van der Waals surface area contributed by atoms with E-state index in [1.165, 1.54) is 12.8 Å². The average molecular weight is 266 g/mol. The molecule has 0 bridgehead atoms. The molecule has 5 heteroatoms. The van der Waals surface area contributed by atoms with Gasteiger partial charge in [0.2, 0.25) is 5.75 Å². The second-order valence-corrected chi connectivity index (χ2v) is 4.86. The number of methoxy groups -OCH3 is 3. The van der Waals surface area contributed by atoms with Crippen LogP contribution in [0.15, 0.2) is 12.1 Å². The normalized spacial score (nSPS) is 16.0. The third-order valence-electron chi connectivity index (χ3n) is 3.56. The molecule has 1 saturated carbocycles. The number of nitrogens with one attached hydrogen (secondary N) is 1. The molecule has 1 aromatic rings. The van der Waals surface area contributed by atoms with Crippen molar-refractivity contribution >= 4 is 0 Å². The molecule has 0 spiro atoms. The largest absolute Gasteiger partial charge is 0.493 e. The lowest BCUT2D eigenvalue weighted by atomic mass is 10.0. The summed E-state index contributed by atoms with van der Waals surface area (Å²) in [6.45, 7) is 0. The van der Waals surface area contributed by atoms with Gasteiger partial charge in [-0.2, -0.15) is 0 Å². The maximum atomic E-state index is 5.67. The van der Waals surface area contributed by atoms with Crippen LogP contribution in [0.3, 0.4) is 0 Å². The number of hydrogen-bond acceptors (Lipinski definition) is 5. The van der Waals surface area contributed by atoms with E-state index in [9.17, 15) is 0 Å². The molecule has 1 fully saturated rings. The summed E-state index contributed by atoms with van der Waals surface area (Å²) in [5.74, 6) is 8.38. The Morgan fingerprint density at radius 2 is 1.74 bits per heavy atom. The van der Waals surface area contributed by atoms with Gasteiger partial charge in [-0.05, 0) is 30.0 Å². The van der Waals surface area contributed by atoms with Crippen molar-refractivity contribution in [3.05, 3.63) is 17.7 Å². The van der Waals surface area contributed by atoms with Gasteiger partial charge < -0.3 is 14.2 Å². The number of ether oxygens (including phenoxy) is 3. The molecular formula is C14H22N2O3. The van der Waals surface area contributed by atoms with Crippen LogP contribution in [-0.4, -0.2) is 21.3 Å². The van der Waals surface area contributed by atoms with Gasteiger partial charge in [-0.25, -0.2) is 0 Å². The SMILES string of the molecule is COc1cc(C(CC2CC2)NN)cc(OC)c1OC. The Hall–Kier alpha value is -1.46. The quantitative estimate of drug-likeness (QED) is 0.584. The molecule has 2 rings (SSSR count). The number of hydrogen-bond donors (Lipinski definition) is 2. The second-order valence-electron chi connectivity index (χ2n) is 4.86. The first-order chi connectivity index (χ1) is 9.23. The summed E-state index contributed by atoms with van der Waals surface area (Å²) in [4.78, 5) is 0. The van der Waals surface area contributed by atoms with Gasteiger partial charge in [0.25, 0.3) is 0 Å². The van der Waals surface area contributed by atoms with Crippen LogP contribution in [0, 0.1) is 5.92 Å². The molecule has 106 valence electrons. The summed E-state index contributed by atoms with van der Waals surface area (Å²) in [7, 11) is 4.84. The van der Waals surface area contributed by atoms with Gasteiger partial charge in [0.05, 0.1) is 21.3 Å². The van der Waals surface area contributed by atoms with E-state index >= 15 is 0 Å². The minimum atomic E-state index is 0.112. The monoisotopic (exact) mass is 266 g/mol. The molecule has 0 amide bonds. The van der Waals surface area contributed by atoms with Crippen molar-refractivity contribution in [2.45, 2.75) is 25.3 Å². The van der Waals surface area contributed by atoms with Crippen LogP contribution in [0.4, 0.5) is 0 Å². The molecule has 1 aliphatic rings. The van der Waals surface area contributed by atoms with Gasteiger partial charge in [0.1, 0.15) is 0 Å². The number of hydrazine groups is 1. The van der Waals surface area contributed by atoms with Crippen molar-refractivity contribution in [2.75, 3.05) is 21.3 Å². The van der Waals surface area contributed by atoms with Gasteiger partial charge in [-0.3, -0.25) is 11.3 Å². The van der Waals surface area contributed by atoms with Crippen molar-refractivity contribution in [3.8, 4) is 17.2 Å². The van der Waals surface area contributed by atoms with Crippen molar-refractivity contribution in [3.63, 3.8) is 0 Å². The van der Waals surface area contributed by atoms with Gasteiger partial charge >= 0.3 is 0 Å². The van der Waals surface area contributed by atoms with E-state index in [2.05, 4.69) is 5.43 Å². The Bertz CT molecular complexity index is 408. The molecule has 3 N–H and O–H groups in total. The Kier molecular flexibility index (Phi) is 4.50. The van der Waals surface area contributed by atoms with Crippen LogP contribution in [0.5, 0.6) is 17.2 Å². The second kappa shape index (κ2) is 6.12. The van der Waals surface area contributed by atoms with E-state index in [4.69, 9.17) is 20.1 Å². The Labute approximate surface area is 114 Å². The minimum Gasteiger partial charge on any atom is -0.493 e. The number of benzene rings is 1. The summed E-state index contributed by atoms with van der Waals surface area (Å²) < 4.78 is 16.0. The lowest BCUT2D eigenvalue weighted by Gasteiger charge is -2.20. The molecule has 1 aliphatic carbocycles. The number of nitrogens with two attached hydrogens (primary N) is 1. The molecule has 1 atom stereocenters. The highest BCUT2D eigenvalue weighted by molar-refractivity contribution is 5.54. The predicted octanol–water partition coefficient (Wildman–Crippen LogP) is 2.02. The molecule has 0 aliphatic heterocycles.